The molecule has 2 heteroatoms. The first-order chi connectivity index (χ1) is 15.6. The highest BCUT2D eigenvalue weighted by atomic mass is 14.5. The van der Waals surface area contributed by atoms with E-state index in [1.807, 2.05) is 24.3 Å². The van der Waals surface area contributed by atoms with Crippen molar-refractivity contribution in [3.05, 3.63) is 95.1 Å². The number of unbranched alkanes of at least 4 members (excludes halogenated alkanes) is 2. The minimum absolute atomic E-state index is 0.0566. The lowest BCUT2D eigenvalue weighted by atomic mass is 9.62. The molecule has 0 heterocycles. The summed E-state index contributed by atoms with van der Waals surface area (Å²) in [5.74, 6) is 0.747. The number of benzene rings is 3. The highest BCUT2D eigenvalue weighted by Gasteiger charge is 2.38. The van der Waals surface area contributed by atoms with Crippen molar-refractivity contribution in [2.45, 2.75) is 70.1 Å². The lowest BCUT2D eigenvalue weighted by Gasteiger charge is -2.41. The van der Waals surface area contributed by atoms with Gasteiger partial charge in [0.05, 0.1) is 0 Å². The van der Waals surface area contributed by atoms with Crippen LogP contribution in [-0.4, -0.2) is 0 Å². The van der Waals surface area contributed by atoms with E-state index in [0.717, 1.165) is 17.3 Å². The molecule has 2 nitrogen and oxygen atoms in total. The first kappa shape index (κ1) is 22.5. The third-order valence-corrected chi connectivity index (χ3v) is 7.50. The number of anilines is 2. The fourth-order valence-electron chi connectivity index (χ4n) is 5.48. The van der Waals surface area contributed by atoms with Gasteiger partial charge >= 0.3 is 0 Å². The van der Waals surface area contributed by atoms with Crippen molar-refractivity contribution in [3.63, 3.8) is 0 Å². The van der Waals surface area contributed by atoms with E-state index in [-0.39, 0.29) is 5.41 Å². The highest BCUT2D eigenvalue weighted by Crippen LogP contribution is 2.47. The Kier molecular flexibility index (Phi) is 7.19. The van der Waals surface area contributed by atoms with Crippen LogP contribution in [0.1, 0.15) is 74.1 Å². The quantitative estimate of drug-likeness (QED) is 0.293. The lowest BCUT2D eigenvalue weighted by Crippen LogP contribution is -2.33. The Morgan fingerprint density at radius 3 is 1.69 bits per heavy atom. The minimum atomic E-state index is 0.0566. The van der Waals surface area contributed by atoms with Gasteiger partial charge in [-0.15, -0.1) is 0 Å². The van der Waals surface area contributed by atoms with E-state index in [4.69, 9.17) is 11.5 Å². The van der Waals surface area contributed by atoms with E-state index < -0.39 is 0 Å². The zero-order valence-corrected chi connectivity index (χ0v) is 19.5. The van der Waals surface area contributed by atoms with Gasteiger partial charge in [0.25, 0.3) is 0 Å². The Morgan fingerprint density at radius 2 is 1.19 bits per heavy atom. The number of hydrogen-bond acceptors (Lipinski definition) is 2. The van der Waals surface area contributed by atoms with E-state index in [0.29, 0.717) is 0 Å². The summed E-state index contributed by atoms with van der Waals surface area (Å²) in [6.07, 6.45) is 11.1. The summed E-state index contributed by atoms with van der Waals surface area (Å²) in [4.78, 5) is 0. The van der Waals surface area contributed by atoms with Crippen LogP contribution in [0.3, 0.4) is 0 Å². The van der Waals surface area contributed by atoms with Crippen LogP contribution >= 0.6 is 0 Å². The van der Waals surface area contributed by atoms with Gasteiger partial charge in [0, 0.05) is 16.8 Å². The van der Waals surface area contributed by atoms with Crippen LogP contribution in [0.5, 0.6) is 0 Å². The highest BCUT2D eigenvalue weighted by molar-refractivity contribution is 5.49. The predicted octanol–water partition coefficient (Wildman–Crippen LogP) is 7.30. The molecule has 32 heavy (non-hydrogen) atoms. The smallest absolute Gasteiger partial charge is 0.0314 e. The van der Waals surface area contributed by atoms with Gasteiger partial charge in [0.1, 0.15) is 0 Å². The van der Waals surface area contributed by atoms with Gasteiger partial charge in [0.2, 0.25) is 0 Å². The summed E-state index contributed by atoms with van der Waals surface area (Å²) in [6, 6.07) is 26.5. The summed E-state index contributed by atoms with van der Waals surface area (Å²) < 4.78 is 0. The monoisotopic (exact) mass is 426 g/mol. The van der Waals surface area contributed by atoms with Crippen LogP contribution in [0, 0.1) is 5.92 Å². The summed E-state index contributed by atoms with van der Waals surface area (Å²) in [5.41, 5.74) is 19.4. The largest absolute Gasteiger partial charge is 0.399 e. The molecule has 0 saturated heterocycles. The zero-order chi connectivity index (χ0) is 22.4. The average Bonchev–Trinajstić information content (AvgIpc) is 2.82. The molecule has 1 aliphatic rings. The number of rotatable bonds is 8. The second-order valence-corrected chi connectivity index (χ2v) is 9.75. The van der Waals surface area contributed by atoms with Crippen molar-refractivity contribution in [3.8, 4) is 0 Å². The van der Waals surface area contributed by atoms with Crippen LogP contribution in [0.4, 0.5) is 11.4 Å². The summed E-state index contributed by atoms with van der Waals surface area (Å²) in [6.45, 7) is 2.27. The van der Waals surface area contributed by atoms with Crippen LogP contribution in [0.25, 0.3) is 0 Å². The Morgan fingerprint density at radius 1 is 0.688 bits per heavy atom. The number of nitrogen functional groups attached to an aromatic ring is 2. The van der Waals surface area contributed by atoms with Gasteiger partial charge in [-0.25, -0.2) is 0 Å². The molecule has 3 aromatic rings. The fourth-order valence-corrected chi connectivity index (χ4v) is 5.48. The second kappa shape index (κ2) is 10.3. The van der Waals surface area contributed by atoms with Crippen molar-refractivity contribution < 1.29 is 0 Å². The van der Waals surface area contributed by atoms with Gasteiger partial charge in [-0.3, -0.25) is 0 Å². The van der Waals surface area contributed by atoms with Crippen molar-refractivity contribution in [1.29, 1.82) is 0 Å². The fraction of sp³-hybridized carbons (Fsp3) is 0.400. The van der Waals surface area contributed by atoms with Crippen LogP contribution in [0.15, 0.2) is 72.8 Å². The Balaban J connectivity index is 1.46. The molecule has 4 N–H and O–H groups in total. The normalized spacial score (nSPS) is 16.2. The van der Waals surface area contributed by atoms with Gasteiger partial charge in [-0.1, -0.05) is 68.3 Å². The van der Waals surface area contributed by atoms with Crippen molar-refractivity contribution >= 4 is 11.4 Å². The maximum absolute atomic E-state index is 5.99. The molecule has 1 fully saturated rings. The standard InChI is InChI=1S/C30H38N2/c1-2-3-4-5-23-6-8-24(9-7-23)22-25-18-20-30(21-19-25,26-10-14-28(31)15-11-26)27-12-16-29(32)17-13-27/h6-17,25H,2-5,18-22,31-32H2,1H3. The molecule has 4 rings (SSSR count). The molecule has 0 amide bonds. The molecule has 0 aliphatic heterocycles. The number of nitrogens with two attached hydrogens (primary N) is 2. The van der Waals surface area contributed by atoms with Gasteiger partial charge in [0.15, 0.2) is 0 Å². The summed E-state index contributed by atoms with van der Waals surface area (Å²) >= 11 is 0. The first-order valence-corrected chi connectivity index (χ1v) is 12.4. The summed E-state index contributed by atoms with van der Waals surface area (Å²) in [5, 5.41) is 0. The van der Waals surface area contributed by atoms with E-state index in [2.05, 4.69) is 55.5 Å². The van der Waals surface area contributed by atoms with Gasteiger partial charge < -0.3 is 11.5 Å². The maximum atomic E-state index is 5.99. The Hall–Kier alpha value is -2.74. The zero-order valence-electron chi connectivity index (χ0n) is 19.5. The van der Waals surface area contributed by atoms with Crippen molar-refractivity contribution in [2.24, 2.45) is 5.92 Å². The molecule has 0 bridgehead atoms. The molecule has 168 valence electrons. The van der Waals surface area contributed by atoms with Gasteiger partial charge in [-0.2, -0.15) is 0 Å². The molecule has 0 unspecified atom stereocenters. The van der Waals surface area contributed by atoms with E-state index in [1.54, 1.807) is 0 Å². The number of hydrogen-bond donors (Lipinski definition) is 2. The molecule has 0 atom stereocenters. The van der Waals surface area contributed by atoms with Crippen LogP contribution < -0.4 is 11.5 Å². The lowest BCUT2D eigenvalue weighted by molar-refractivity contribution is 0.264. The van der Waals surface area contributed by atoms with Crippen LogP contribution in [0.2, 0.25) is 0 Å². The molecular formula is C30H38N2. The van der Waals surface area contributed by atoms with Gasteiger partial charge in [-0.05, 0) is 97.4 Å². The molecule has 0 aromatic heterocycles. The summed E-state index contributed by atoms with van der Waals surface area (Å²) in [7, 11) is 0. The minimum Gasteiger partial charge on any atom is -0.399 e. The molecule has 0 radical (unpaired) electrons. The molecule has 1 aliphatic carbocycles. The maximum Gasteiger partial charge on any atom is 0.0314 e. The van der Waals surface area contributed by atoms with E-state index in [1.165, 1.54) is 80.0 Å². The Labute approximate surface area is 194 Å². The average molecular weight is 427 g/mol. The molecule has 3 aromatic carbocycles. The van der Waals surface area contributed by atoms with E-state index in [9.17, 15) is 0 Å². The predicted molar refractivity (Wildman–Crippen MR) is 138 cm³/mol. The topological polar surface area (TPSA) is 52.0 Å². The molecule has 1 saturated carbocycles. The SMILES string of the molecule is CCCCCc1ccc(CC2CCC(c3ccc(N)cc3)(c3ccc(N)cc3)CC2)cc1. The second-order valence-electron chi connectivity index (χ2n) is 9.75. The van der Waals surface area contributed by atoms with Crippen LogP contribution in [-0.2, 0) is 18.3 Å². The molecular weight excluding hydrogens is 388 g/mol. The van der Waals surface area contributed by atoms with Crippen molar-refractivity contribution in [2.75, 3.05) is 11.5 Å². The Bertz CT molecular complexity index is 915. The van der Waals surface area contributed by atoms with E-state index >= 15 is 0 Å². The third-order valence-electron chi connectivity index (χ3n) is 7.50. The first-order valence-electron chi connectivity index (χ1n) is 12.4. The van der Waals surface area contributed by atoms with Crippen molar-refractivity contribution in [1.82, 2.24) is 0 Å². The number of aryl methyl sites for hydroxylation is 1. The third kappa shape index (κ3) is 5.18. The molecule has 0 spiro atoms.